The van der Waals surface area contributed by atoms with Crippen LogP contribution in [-0.4, -0.2) is 20.1 Å². The second kappa shape index (κ2) is 9.17. The molecule has 0 atom stereocenters. The molecule has 3 aromatic rings. The Kier molecular flexibility index (Phi) is 7.50. The average molecular weight is 409 g/mol. The zero-order valence-electron chi connectivity index (χ0n) is 12.6. The summed E-state index contributed by atoms with van der Waals surface area (Å²) in [5, 5.41) is 27.4. The molecule has 12 heteroatoms. The summed E-state index contributed by atoms with van der Waals surface area (Å²) < 4.78 is 4.25. The number of aromatic nitrogens is 3. The number of halogens is 2. The van der Waals surface area contributed by atoms with E-state index in [1.807, 2.05) is 0 Å². The first kappa shape index (κ1) is 20.4. The molecule has 0 radical (unpaired) electrons. The molecule has 0 spiro atoms. The van der Waals surface area contributed by atoms with Crippen molar-refractivity contribution in [3.05, 3.63) is 40.9 Å². The van der Waals surface area contributed by atoms with Crippen LogP contribution in [-0.2, 0) is 9.37 Å². The van der Waals surface area contributed by atoms with E-state index in [0.29, 0.717) is 33.4 Å². The first-order valence-corrected chi connectivity index (χ1v) is 7.79. The summed E-state index contributed by atoms with van der Waals surface area (Å²) in [4.78, 5) is 12.0. The number of phenolic OH excluding ortho intramolecular Hbond substituents is 1. The Labute approximate surface area is 177 Å². The van der Waals surface area contributed by atoms with Gasteiger partial charge in [0.15, 0.2) is 0 Å². The van der Waals surface area contributed by atoms with Crippen molar-refractivity contribution in [2.75, 3.05) is 5.32 Å². The molecule has 0 aliphatic carbocycles. The van der Waals surface area contributed by atoms with Gasteiger partial charge in [0, 0.05) is 16.0 Å². The summed E-state index contributed by atoms with van der Waals surface area (Å²) in [6.45, 7) is 0. The van der Waals surface area contributed by atoms with Crippen LogP contribution in [0.25, 0.3) is 10.8 Å². The molecule has 8 nitrogen and oxygen atoms in total. The Balaban J connectivity index is 0.00000225. The molecule has 25 heavy (non-hydrogen) atoms. The number of nitrogens with one attached hydrogen (secondary N) is 1. The minimum Gasteiger partial charge on any atom is -0.691 e. The zero-order chi connectivity index (χ0) is 17.1. The summed E-state index contributed by atoms with van der Waals surface area (Å²) >= 11 is 12.1. The van der Waals surface area contributed by atoms with Crippen molar-refractivity contribution in [3.8, 4) is 5.75 Å². The maximum absolute atomic E-state index is 10.0. The van der Waals surface area contributed by atoms with Crippen molar-refractivity contribution in [1.29, 1.82) is 0 Å². The predicted octanol–water partition coefficient (Wildman–Crippen LogP) is 0.0154. The van der Waals surface area contributed by atoms with Crippen molar-refractivity contribution in [2.45, 2.75) is 4.90 Å². The summed E-state index contributed by atoms with van der Waals surface area (Å²) in [7, 11) is 0. The van der Waals surface area contributed by atoms with Crippen molar-refractivity contribution >= 4 is 57.7 Å². The third-order valence-electron chi connectivity index (χ3n) is 2.90. The number of hydrogen-bond donors (Lipinski definition) is 2. The van der Waals surface area contributed by atoms with E-state index in [-0.39, 0.29) is 51.8 Å². The van der Waals surface area contributed by atoms with E-state index in [1.165, 1.54) is 6.07 Å². The number of benzene rings is 2. The van der Waals surface area contributed by atoms with Crippen LogP contribution in [0.2, 0.25) is 10.6 Å². The van der Waals surface area contributed by atoms with Crippen molar-refractivity contribution in [1.82, 2.24) is 15.0 Å². The molecule has 0 unspecified atom stereocenters. The number of anilines is 2. The fourth-order valence-electron chi connectivity index (χ4n) is 2.01. The number of nitrogens with zero attached hydrogens (tertiary/aromatic N) is 3. The normalized spacial score (nSPS) is 10.5. The monoisotopic (exact) mass is 408 g/mol. The molecular formula is C13H7Cl2N4NaO4S. The van der Waals surface area contributed by atoms with Crippen LogP contribution in [0.1, 0.15) is 0 Å². The first-order valence-electron chi connectivity index (χ1n) is 6.29. The quantitative estimate of drug-likeness (QED) is 0.261. The van der Waals surface area contributed by atoms with Crippen LogP contribution >= 0.6 is 35.2 Å². The maximum atomic E-state index is 10.0. The van der Waals surface area contributed by atoms with Gasteiger partial charge in [0.25, 0.3) is 0 Å². The van der Waals surface area contributed by atoms with E-state index in [2.05, 4.69) is 29.6 Å². The Morgan fingerprint density at radius 2 is 1.80 bits per heavy atom. The summed E-state index contributed by atoms with van der Waals surface area (Å²) in [5.41, 5.74) is 0.628. The van der Waals surface area contributed by atoms with Gasteiger partial charge in [-0.05, 0) is 58.9 Å². The third kappa shape index (κ3) is 5.30. The fraction of sp³-hybridized carbons (Fsp3) is 0. The molecule has 124 valence electrons. The Morgan fingerprint density at radius 3 is 2.48 bits per heavy atom. The number of hydrogen-bond acceptors (Lipinski definition) is 9. The maximum Gasteiger partial charge on any atom is 1.00 e. The van der Waals surface area contributed by atoms with Crippen LogP contribution < -0.4 is 40.1 Å². The van der Waals surface area contributed by atoms with E-state index < -0.39 is 0 Å². The van der Waals surface area contributed by atoms with Gasteiger partial charge >= 0.3 is 29.6 Å². The third-order valence-corrected chi connectivity index (χ3v) is 3.79. The Hall–Kier alpha value is -0.880. The zero-order valence-corrected chi connectivity index (χ0v) is 16.9. The Morgan fingerprint density at radius 1 is 1.08 bits per heavy atom. The minimum atomic E-state index is -0.0376. The number of fused-ring (bicyclic) bond motifs is 1. The summed E-state index contributed by atoms with van der Waals surface area (Å²) in [5.74, 6) is 0.208. The van der Waals surface area contributed by atoms with Crippen LogP contribution in [0, 0.1) is 0 Å². The van der Waals surface area contributed by atoms with Gasteiger partial charge in [0.2, 0.25) is 16.5 Å². The van der Waals surface area contributed by atoms with Gasteiger partial charge in [-0.3, -0.25) is 5.04 Å². The smallest absolute Gasteiger partial charge is 0.691 e. The molecule has 0 aliphatic rings. The van der Waals surface area contributed by atoms with Gasteiger partial charge in [0.05, 0.1) is 12.0 Å². The van der Waals surface area contributed by atoms with Crippen molar-refractivity contribution in [2.24, 2.45) is 0 Å². The van der Waals surface area contributed by atoms with Gasteiger partial charge in [-0.15, -0.1) is 0 Å². The molecular weight excluding hydrogens is 402 g/mol. The molecule has 0 saturated carbocycles. The molecule has 1 aromatic heterocycles. The standard InChI is InChI=1S/C13H8Cl2N4O4S.Na/c14-11-17-12(15)19-13(18-11)16-7-1-2-9-6(3-7)4-8(5-10(9)20)24-23-22-21;/h1-5,20-21H,(H,16,17,18,19);/q;+1/p-1. The molecule has 3 rings (SSSR count). The molecule has 0 saturated heterocycles. The second-order valence-corrected chi connectivity index (χ2v) is 5.87. The summed E-state index contributed by atoms with van der Waals surface area (Å²) in [6.07, 6.45) is 0. The van der Waals surface area contributed by atoms with E-state index >= 15 is 0 Å². The van der Waals surface area contributed by atoms with Crippen LogP contribution in [0.4, 0.5) is 11.6 Å². The van der Waals surface area contributed by atoms with Crippen LogP contribution in [0.3, 0.4) is 0 Å². The van der Waals surface area contributed by atoms with E-state index in [0.717, 1.165) is 0 Å². The van der Waals surface area contributed by atoms with Crippen molar-refractivity contribution < 1.29 is 49.3 Å². The van der Waals surface area contributed by atoms with Gasteiger partial charge in [0.1, 0.15) is 5.75 Å². The van der Waals surface area contributed by atoms with E-state index in [1.54, 1.807) is 24.3 Å². The number of rotatable bonds is 5. The topological polar surface area (TPSA) is 112 Å². The van der Waals surface area contributed by atoms with Crippen LogP contribution in [0.15, 0.2) is 35.2 Å². The predicted molar refractivity (Wildman–Crippen MR) is 86.8 cm³/mol. The van der Waals surface area contributed by atoms with Crippen LogP contribution in [0.5, 0.6) is 5.75 Å². The molecule has 0 aliphatic heterocycles. The fourth-order valence-corrected chi connectivity index (χ4v) is 2.82. The summed E-state index contributed by atoms with van der Waals surface area (Å²) in [6, 6.07) is 8.32. The first-order chi connectivity index (χ1) is 11.5. The van der Waals surface area contributed by atoms with Gasteiger partial charge < -0.3 is 15.7 Å². The van der Waals surface area contributed by atoms with Gasteiger partial charge in [-0.2, -0.15) is 19.3 Å². The largest absolute Gasteiger partial charge is 1.00 e. The molecule has 1 heterocycles. The Bertz CT molecular complexity index is 885. The molecule has 0 bridgehead atoms. The second-order valence-electron chi connectivity index (χ2n) is 4.42. The van der Waals surface area contributed by atoms with E-state index in [4.69, 9.17) is 23.2 Å². The minimum absolute atomic E-state index is 0. The molecule has 2 N–H and O–H groups in total. The molecule has 0 fully saturated rings. The number of phenols is 1. The SMILES string of the molecule is [Na+].[O-]OOSc1cc(O)c2ccc(Nc3nc(Cl)nc(Cl)n3)cc2c1. The van der Waals surface area contributed by atoms with Crippen molar-refractivity contribution in [3.63, 3.8) is 0 Å². The molecule has 2 aromatic carbocycles. The van der Waals surface area contributed by atoms with Gasteiger partial charge in [-0.1, -0.05) is 0 Å². The van der Waals surface area contributed by atoms with E-state index in [9.17, 15) is 10.4 Å². The number of aromatic hydroxyl groups is 1. The van der Waals surface area contributed by atoms with Gasteiger partial charge in [-0.25, -0.2) is 0 Å². The average Bonchev–Trinajstić information content (AvgIpc) is 2.51. The molecule has 0 amide bonds.